The second kappa shape index (κ2) is 7.29. The fraction of sp³-hybridized carbons (Fsp3) is 0.500. The van der Waals surface area contributed by atoms with Crippen molar-refractivity contribution < 1.29 is 9.53 Å². The topological polar surface area (TPSA) is 38.3 Å². The maximum Gasteiger partial charge on any atom is 0.252 e. The molecule has 0 heterocycles. The van der Waals surface area contributed by atoms with E-state index >= 15 is 0 Å². The Morgan fingerprint density at radius 2 is 2.11 bits per heavy atom. The average molecular weight is 393 g/mol. The molecular formula is C14H19Br2NO2. The lowest BCUT2D eigenvalue weighted by Gasteiger charge is -2.24. The zero-order valence-electron chi connectivity index (χ0n) is 11.4. The molecular weight excluding hydrogens is 374 g/mol. The molecule has 0 radical (unpaired) electrons. The Hall–Kier alpha value is -0.550. The van der Waals surface area contributed by atoms with Crippen LogP contribution in [0.15, 0.2) is 22.7 Å². The van der Waals surface area contributed by atoms with Crippen LogP contribution in [0.1, 0.15) is 30.6 Å². The third kappa shape index (κ3) is 5.15. The standard InChI is InChI=1S/C14H19Br2NO2/c1-14(2,6-7-15)9-17-13(18)11-8-10(19-3)4-5-12(11)16/h4-5,8H,6-7,9H2,1-3H3,(H,17,18). The lowest BCUT2D eigenvalue weighted by atomic mass is 9.90. The minimum absolute atomic E-state index is 0.0739. The van der Waals surface area contributed by atoms with Crippen LogP contribution in [0, 0.1) is 5.41 Å². The van der Waals surface area contributed by atoms with Crippen molar-refractivity contribution in [1.29, 1.82) is 0 Å². The number of hydrogen-bond acceptors (Lipinski definition) is 2. The molecule has 5 heteroatoms. The number of carbonyl (C=O) groups is 1. The number of benzene rings is 1. The summed E-state index contributed by atoms with van der Waals surface area (Å²) in [5.41, 5.74) is 0.666. The molecule has 1 aromatic rings. The molecule has 0 saturated carbocycles. The first-order valence-electron chi connectivity index (χ1n) is 6.07. The SMILES string of the molecule is COc1ccc(Br)c(C(=O)NCC(C)(C)CCBr)c1. The molecule has 0 saturated heterocycles. The number of nitrogens with one attached hydrogen (secondary N) is 1. The fourth-order valence-corrected chi connectivity index (χ4v) is 3.06. The van der Waals surface area contributed by atoms with E-state index in [1.165, 1.54) is 0 Å². The summed E-state index contributed by atoms with van der Waals surface area (Å²) in [6.45, 7) is 4.91. The minimum atomic E-state index is -0.0894. The van der Waals surface area contributed by atoms with Gasteiger partial charge in [0, 0.05) is 16.3 Å². The summed E-state index contributed by atoms with van der Waals surface area (Å²) < 4.78 is 5.90. The van der Waals surface area contributed by atoms with Crippen LogP contribution in [-0.4, -0.2) is 24.9 Å². The number of alkyl halides is 1. The van der Waals surface area contributed by atoms with Gasteiger partial charge in [-0.05, 0) is 46.0 Å². The van der Waals surface area contributed by atoms with Gasteiger partial charge in [-0.3, -0.25) is 4.79 Å². The number of hydrogen-bond donors (Lipinski definition) is 1. The van der Waals surface area contributed by atoms with Crippen LogP contribution in [0.2, 0.25) is 0 Å². The molecule has 106 valence electrons. The molecule has 0 bridgehead atoms. The van der Waals surface area contributed by atoms with Gasteiger partial charge in [0.1, 0.15) is 5.75 Å². The van der Waals surface area contributed by atoms with Gasteiger partial charge in [0.25, 0.3) is 5.91 Å². The highest BCUT2D eigenvalue weighted by molar-refractivity contribution is 9.10. The number of carbonyl (C=O) groups excluding carboxylic acids is 1. The van der Waals surface area contributed by atoms with Crippen molar-refractivity contribution in [3.63, 3.8) is 0 Å². The molecule has 1 rings (SSSR count). The highest BCUT2D eigenvalue weighted by Gasteiger charge is 2.19. The van der Waals surface area contributed by atoms with E-state index in [1.54, 1.807) is 13.2 Å². The molecule has 0 fully saturated rings. The predicted octanol–water partition coefficient (Wildman–Crippen LogP) is 4.00. The first kappa shape index (κ1) is 16.5. The second-order valence-electron chi connectivity index (χ2n) is 5.13. The minimum Gasteiger partial charge on any atom is -0.497 e. The van der Waals surface area contributed by atoms with Crippen LogP contribution < -0.4 is 10.1 Å². The van der Waals surface area contributed by atoms with E-state index in [2.05, 4.69) is 51.0 Å². The van der Waals surface area contributed by atoms with E-state index in [1.807, 2.05) is 12.1 Å². The monoisotopic (exact) mass is 391 g/mol. The molecule has 0 atom stereocenters. The largest absolute Gasteiger partial charge is 0.497 e. The van der Waals surface area contributed by atoms with Gasteiger partial charge in [0.2, 0.25) is 0 Å². The molecule has 0 aliphatic rings. The Labute approximate surface area is 131 Å². The van der Waals surface area contributed by atoms with Crippen molar-refractivity contribution in [2.75, 3.05) is 19.0 Å². The molecule has 1 aromatic carbocycles. The number of halogens is 2. The maximum absolute atomic E-state index is 12.2. The van der Waals surface area contributed by atoms with Gasteiger partial charge < -0.3 is 10.1 Å². The third-order valence-corrected chi connectivity index (χ3v) is 4.00. The smallest absolute Gasteiger partial charge is 0.252 e. The summed E-state index contributed by atoms with van der Waals surface area (Å²) >= 11 is 6.82. The number of ether oxygens (including phenoxy) is 1. The van der Waals surface area contributed by atoms with Crippen LogP contribution in [0.3, 0.4) is 0 Å². The van der Waals surface area contributed by atoms with Crippen molar-refractivity contribution in [2.24, 2.45) is 5.41 Å². The van der Waals surface area contributed by atoms with Gasteiger partial charge >= 0.3 is 0 Å². The van der Waals surface area contributed by atoms with Gasteiger partial charge in [0.15, 0.2) is 0 Å². The molecule has 0 aliphatic heterocycles. The molecule has 3 nitrogen and oxygen atoms in total. The van der Waals surface area contributed by atoms with Crippen molar-refractivity contribution >= 4 is 37.8 Å². The van der Waals surface area contributed by atoms with Gasteiger partial charge in [-0.2, -0.15) is 0 Å². The first-order chi connectivity index (χ1) is 8.89. The second-order valence-corrected chi connectivity index (χ2v) is 6.78. The van der Waals surface area contributed by atoms with E-state index in [9.17, 15) is 4.79 Å². The van der Waals surface area contributed by atoms with Crippen LogP contribution in [-0.2, 0) is 0 Å². The van der Waals surface area contributed by atoms with E-state index < -0.39 is 0 Å². The van der Waals surface area contributed by atoms with E-state index in [0.717, 1.165) is 16.2 Å². The van der Waals surface area contributed by atoms with Crippen molar-refractivity contribution in [3.05, 3.63) is 28.2 Å². The van der Waals surface area contributed by atoms with Crippen molar-refractivity contribution in [3.8, 4) is 5.75 Å². The normalized spacial score (nSPS) is 11.2. The highest BCUT2D eigenvalue weighted by Crippen LogP contribution is 2.24. The molecule has 0 aromatic heterocycles. The zero-order chi connectivity index (χ0) is 14.5. The molecule has 1 N–H and O–H groups in total. The first-order valence-corrected chi connectivity index (χ1v) is 7.99. The van der Waals surface area contributed by atoms with Gasteiger partial charge in [-0.25, -0.2) is 0 Å². The third-order valence-electron chi connectivity index (χ3n) is 2.92. The van der Waals surface area contributed by atoms with Crippen LogP contribution in [0.25, 0.3) is 0 Å². The van der Waals surface area contributed by atoms with E-state index in [-0.39, 0.29) is 11.3 Å². The number of amides is 1. The Morgan fingerprint density at radius 1 is 1.42 bits per heavy atom. The predicted molar refractivity (Wildman–Crippen MR) is 85.2 cm³/mol. The Balaban J connectivity index is 2.73. The van der Waals surface area contributed by atoms with Gasteiger partial charge in [-0.15, -0.1) is 0 Å². The lowest BCUT2D eigenvalue weighted by Crippen LogP contribution is -2.34. The zero-order valence-corrected chi connectivity index (χ0v) is 14.6. The van der Waals surface area contributed by atoms with Crippen LogP contribution >= 0.6 is 31.9 Å². The summed E-state index contributed by atoms with van der Waals surface area (Å²) in [6, 6.07) is 5.36. The highest BCUT2D eigenvalue weighted by atomic mass is 79.9. The summed E-state index contributed by atoms with van der Waals surface area (Å²) in [5.74, 6) is 0.585. The summed E-state index contributed by atoms with van der Waals surface area (Å²) in [4.78, 5) is 12.2. The summed E-state index contributed by atoms with van der Waals surface area (Å²) in [7, 11) is 1.59. The fourth-order valence-electron chi connectivity index (χ4n) is 1.56. The Kier molecular flexibility index (Phi) is 6.33. The molecule has 0 spiro atoms. The van der Waals surface area contributed by atoms with Crippen molar-refractivity contribution in [2.45, 2.75) is 20.3 Å². The quantitative estimate of drug-likeness (QED) is 0.743. The van der Waals surface area contributed by atoms with E-state index in [0.29, 0.717) is 17.9 Å². The summed E-state index contributed by atoms with van der Waals surface area (Å²) in [5, 5.41) is 3.90. The number of rotatable bonds is 6. The van der Waals surface area contributed by atoms with Gasteiger partial charge in [-0.1, -0.05) is 29.8 Å². The summed E-state index contributed by atoms with van der Waals surface area (Å²) in [6.07, 6.45) is 1.01. The maximum atomic E-state index is 12.2. The molecule has 0 unspecified atom stereocenters. The van der Waals surface area contributed by atoms with Gasteiger partial charge in [0.05, 0.1) is 12.7 Å². The van der Waals surface area contributed by atoms with Crippen LogP contribution in [0.4, 0.5) is 0 Å². The Bertz CT molecular complexity index is 447. The van der Waals surface area contributed by atoms with E-state index in [4.69, 9.17) is 4.74 Å². The molecule has 1 amide bonds. The number of methoxy groups -OCH3 is 1. The lowest BCUT2D eigenvalue weighted by molar-refractivity contribution is 0.0935. The molecule has 0 aliphatic carbocycles. The van der Waals surface area contributed by atoms with Crippen LogP contribution in [0.5, 0.6) is 5.75 Å². The molecule has 19 heavy (non-hydrogen) atoms. The Morgan fingerprint density at radius 3 is 2.68 bits per heavy atom. The van der Waals surface area contributed by atoms with Crippen molar-refractivity contribution in [1.82, 2.24) is 5.32 Å². The average Bonchev–Trinajstić information content (AvgIpc) is 2.36.